The third kappa shape index (κ3) is 3.04. The van der Waals surface area contributed by atoms with Gasteiger partial charge in [0.25, 0.3) is 0 Å². The number of anilines is 1. The summed E-state index contributed by atoms with van der Waals surface area (Å²) in [5, 5.41) is 4.38. The van der Waals surface area contributed by atoms with Gasteiger partial charge in [-0.15, -0.1) is 0 Å². The van der Waals surface area contributed by atoms with Gasteiger partial charge in [-0.25, -0.2) is 14.5 Å². The number of hydrogen-bond donors (Lipinski definition) is 1. The van der Waals surface area contributed by atoms with Crippen molar-refractivity contribution in [1.29, 1.82) is 0 Å². The lowest BCUT2D eigenvalue weighted by atomic mass is 9.98. The number of rotatable bonds is 4. The summed E-state index contributed by atoms with van der Waals surface area (Å²) in [6.45, 7) is 7.69. The Morgan fingerprint density at radius 1 is 1.19 bits per heavy atom. The van der Waals surface area contributed by atoms with Gasteiger partial charge in [-0.05, 0) is 32.8 Å². The fourth-order valence-electron chi connectivity index (χ4n) is 3.23. The van der Waals surface area contributed by atoms with Crippen molar-refractivity contribution in [3.05, 3.63) is 28.8 Å². The second kappa shape index (κ2) is 6.53. The van der Waals surface area contributed by atoms with Crippen molar-refractivity contribution in [3.8, 4) is 10.4 Å². The molecule has 0 fully saturated rings. The number of nitrogen functional groups attached to an aromatic ring is 1. The number of fused-ring (bicyclic) bond motifs is 1. The van der Waals surface area contributed by atoms with Gasteiger partial charge in [0.1, 0.15) is 0 Å². The second-order valence-corrected chi connectivity index (χ2v) is 7.29. The van der Waals surface area contributed by atoms with Crippen LogP contribution < -0.4 is 5.73 Å². The molecule has 0 spiro atoms. The van der Waals surface area contributed by atoms with Gasteiger partial charge in [0, 0.05) is 17.3 Å². The van der Waals surface area contributed by atoms with Crippen LogP contribution in [0.5, 0.6) is 0 Å². The van der Waals surface area contributed by atoms with E-state index >= 15 is 0 Å². The monoisotopic (exact) mass is 383 g/mol. The molecule has 0 saturated carbocycles. The van der Waals surface area contributed by atoms with Gasteiger partial charge in [0.15, 0.2) is 16.5 Å². The minimum atomic E-state index is -4.59. The predicted molar refractivity (Wildman–Crippen MR) is 96.3 cm³/mol. The molecule has 2 N–H and O–H groups in total. The van der Waals surface area contributed by atoms with Crippen molar-refractivity contribution in [1.82, 2.24) is 19.6 Å². The standard InChI is InChI=1S/C17H20F3N5S/c1-5-10(6-2)11-7-8(3)22-15-12(9(4)24-25(11)15)13-14(17(18,19)20)23-16(21)26-13/h7,10H,5-6H2,1-4H3,(H2,21,23). The Bertz CT molecular complexity index is 954. The number of nitrogens with zero attached hydrogens (tertiary/aromatic N) is 4. The quantitative estimate of drug-likeness (QED) is 0.690. The number of hydrogen-bond acceptors (Lipinski definition) is 5. The SMILES string of the molecule is CCC(CC)c1cc(C)nc2c(-c3sc(N)nc3C(F)(F)F)c(C)nn12. The minimum Gasteiger partial charge on any atom is -0.375 e. The minimum absolute atomic E-state index is 0.0314. The van der Waals surface area contributed by atoms with Crippen molar-refractivity contribution >= 4 is 22.1 Å². The van der Waals surface area contributed by atoms with E-state index in [4.69, 9.17) is 5.73 Å². The molecule has 0 aromatic carbocycles. The van der Waals surface area contributed by atoms with Crippen LogP contribution in [0, 0.1) is 13.8 Å². The molecule has 3 aromatic rings. The van der Waals surface area contributed by atoms with Crippen LogP contribution in [-0.2, 0) is 6.18 Å². The van der Waals surface area contributed by atoms with Crippen molar-refractivity contribution in [2.75, 3.05) is 5.73 Å². The molecule has 140 valence electrons. The molecule has 26 heavy (non-hydrogen) atoms. The zero-order chi connectivity index (χ0) is 19.2. The molecule has 3 heterocycles. The number of aromatic nitrogens is 4. The van der Waals surface area contributed by atoms with Crippen LogP contribution in [0.1, 0.15) is 55.4 Å². The Kier molecular flexibility index (Phi) is 4.68. The van der Waals surface area contributed by atoms with Crippen molar-refractivity contribution in [3.63, 3.8) is 0 Å². The number of thiazole rings is 1. The van der Waals surface area contributed by atoms with E-state index in [1.165, 1.54) is 0 Å². The summed E-state index contributed by atoms with van der Waals surface area (Å²) in [5.74, 6) is 0.250. The Labute approximate surface area is 153 Å². The predicted octanol–water partition coefficient (Wildman–Crippen LogP) is 4.97. The molecule has 0 atom stereocenters. The first-order valence-electron chi connectivity index (χ1n) is 8.38. The van der Waals surface area contributed by atoms with Crippen molar-refractivity contribution in [2.24, 2.45) is 0 Å². The number of alkyl halides is 3. The van der Waals surface area contributed by atoms with Gasteiger partial charge < -0.3 is 5.73 Å². The topological polar surface area (TPSA) is 69.1 Å². The first-order valence-corrected chi connectivity index (χ1v) is 9.19. The molecule has 0 bridgehead atoms. The van der Waals surface area contributed by atoms with E-state index in [0.29, 0.717) is 16.9 Å². The Balaban J connectivity index is 2.35. The lowest BCUT2D eigenvalue weighted by Gasteiger charge is -2.15. The first kappa shape index (κ1) is 18.6. The number of aryl methyl sites for hydroxylation is 2. The Morgan fingerprint density at radius 2 is 1.85 bits per heavy atom. The zero-order valence-corrected chi connectivity index (χ0v) is 15.8. The molecule has 5 nitrogen and oxygen atoms in total. The van der Waals surface area contributed by atoms with Crippen LogP contribution in [0.4, 0.5) is 18.3 Å². The van der Waals surface area contributed by atoms with Gasteiger partial charge in [-0.1, -0.05) is 25.2 Å². The summed E-state index contributed by atoms with van der Waals surface area (Å²) >= 11 is 0.813. The van der Waals surface area contributed by atoms with E-state index in [0.717, 1.165) is 35.6 Å². The third-order valence-corrected chi connectivity index (χ3v) is 5.36. The maximum Gasteiger partial charge on any atom is 0.434 e. The van der Waals surface area contributed by atoms with Gasteiger partial charge in [-0.2, -0.15) is 18.3 Å². The van der Waals surface area contributed by atoms with Crippen molar-refractivity contribution in [2.45, 2.75) is 52.6 Å². The third-order valence-electron chi connectivity index (χ3n) is 4.46. The molecule has 0 aliphatic heterocycles. The van der Waals surface area contributed by atoms with E-state index in [2.05, 4.69) is 28.9 Å². The zero-order valence-electron chi connectivity index (χ0n) is 15.0. The van der Waals surface area contributed by atoms with E-state index in [1.54, 1.807) is 11.4 Å². The first-order chi connectivity index (χ1) is 12.2. The molecule has 0 radical (unpaired) electrons. The Hall–Kier alpha value is -2.16. The van der Waals surface area contributed by atoms with Gasteiger partial charge in [-0.3, -0.25) is 0 Å². The molecular formula is C17H20F3N5S. The molecule has 0 aliphatic carbocycles. The van der Waals surface area contributed by atoms with Gasteiger partial charge in [0.2, 0.25) is 0 Å². The van der Waals surface area contributed by atoms with E-state index in [-0.39, 0.29) is 15.9 Å². The molecule has 0 saturated heterocycles. The van der Waals surface area contributed by atoms with Crippen LogP contribution in [0.3, 0.4) is 0 Å². The largest absolute Gasteiger partial charge is 0.434 e. The van der Waals surface area contributed by atoms with Crippen LogP contribution in [-0.4, -0.2) is 19.6 Å². The van der Waals surface area contributed by atoms with Crippen LogP contribution in [0.15, 0.2) is 6.07 Å². The molecule has 0 unspecified atom stereocenters. The normalized spacial score (nSPS) is 12.5. The smallest absolute Gasteiger partial charge is 0.375 e. The van der Waals surface area contributed by atoms with Gasteiger partial charge in [0.05, 0.1) is 16.1 Å². The highest BCUT2D eigenvalue weighted by Gasteiger charge is 2.39. The summed E-state index contributed by atoms with van der Waals surface area (Å²) in [7, 11) is 0. The lowest BCUT2D eigenvalue weighted by Crippen LogP contribution is -2.08. The summed E-state index contributed by atoms with van der Waals surface area (Å²) < 4.78 is 41.9. The molecule has 3 rings (SSSR count). The van der Waals surface area contributed by atoms with E-state index < -0.39 is 11.9 Å². The van der Waals surface area contributed by atoms with Crippen molar-refractivity contribution < 1.29 is 13.2 Å². The molecule has 3 aromatic heterocycles. The van der Waals surface area contributed by atoms with Crippen LogP contribution >= 0.6 is 11.3 Å². The summed E-state index contributed by atoms with van der Waals surface area (Å²) in [6, 6.07) is 1.95. The van der Waals surface area contributed by atoms with E-state index in [9.17, 15) is 13.2 Å². The molecule has 9 heteroatoms. The van der Waals surface area contributed by atoms with Gasteiger partial charge >= 0.3 is 6.18 Å². The van der Waals surface area contributed by atoms with Crippen LogP contribution in [0.2, 0.25) is 0 Å². The lowest BCUT2D eigenvalue weighted by molar-refractivity contribution is -0.140. The average Bonchev–Trinajstić information content (AvgIpc) is 3.07. The fourth-order valence-corrected chi connectivity index (χ4v) is 4.18. The maximum absolute atomic E-state index is 13.4. The molecule has 0 aliphatic rings. The maximum atomic E-state index is 13.4. The highest BCUT2D eigenvalue weighted by molar-refractivity contribution is 7.19. The fraction of sp³-hybridized carbons (Fsp3) is 0.471. The average molecular weight is 383 g/mol. The summed E-state index contributed by atoms with van der Waals surface area (Å²) in [4.78, 5) is 7.96. The Morgan fingerprint density at radius 3 is 2.42 bits per heavy atom. The van der Waals surface area contributed by atoms with E-state index in [1.807, 2.05) is 13.0 Å². The molecule has 0 amide bonds. The number of nitrogens with two attached hydrogens (primary N) is 1. The van der Waals surface area contributed by atoms with Crippen LogP contribution in [0.25, 0.3) is 16.1 Å². The highest BCUT2D eigenvalue weighted by atomic mass is 32.1. The molecular weight excluding hydrogens is 363 g/mol. The summed E-state index contributed by atoms with van der Waals surface area (Å²) in [6.07, 6.45) is -2.78. The highest BCUT2D eigenvalue weighted by Crippen LogP contribution is 2.43. The number of halogens is 3. The summed E-state index contributed by atoms with van der Waals surface area (Å²) in [5.41, 5.74) is 7.55. The second-order valence-electron chi connectivity index (χ2n) is 6.26.